The highest BCUT2D eigenvalue weighted by Crippen LogP contribution is 2.28. The number of hydrogen-bond acceptors (Lipinski definition) is 4. The molecule has 0 bridgehead atoms. The molecule has 0 radical (unpaired) electrons. The molecule has 0 atom stereocenters. The first-order valence-electron chi connectivity index (χ1n) is 4.72. The van der Waals surface area contributed by atoms with E-state index < -0.39 is 12.4 Å². The summed E-state index contributed by atoms with van der Waals surface area (Å²) in [6, 6.07) is 1.15. The molecule has 0 saturated carbocycles. The van der Waals surface area contributed by atoms with E-state index in [4.69, 9.17) is 17.3 Å². The van der Waals surface area contributed by atoms with Crippen LogP contribution in [-0.4, -0.2) is 18.1 Å². The Morgan fingerprint density at radius 3 is 2.76 bits per heavy atom. The molecule has 1 aromatic heterocycles. The highest BCUT2D eigenvalue weighted by Gasteiger charge is 2.20. The van der Waals surface area contributed by atoms with Gasteiger partial charge in [0.1, 0.15) is 5.15 Å². The number of ether oxygens (including phenoxy) is 1. The largest absolute Gasteiger partial charge is 0.469 e. The molecule has 1 heterocycles. The van der Waals surface area contributed by atoms with Crippen LogP contribution in [0, 0.1) is 0 Å². The van der Waals surface area contributed by atoms with Crippen LogP contribution < -0.4 is 5.73 Å². The van der Waals surface area contributed by atoms with E-state index in [0.29, 0.717) is 0 Å². The number of pyridine rings is 1. The summed E-state index contributed by atoms with van der Waals surface area (Å²) < 4.78 is 30.0. The van der Waals surface area contributed by atoms with E-state index in [9.17, 15) is 13.6 Å². The second kappa shape index (κ2) is 5.88. The summed E-state index contributed by atoms with van der Waals surface area (Å²) in [7, 11) is 1.17. The second-order valence-electron chi connectivity index (χ2n) is 3.23. The Balaban J connectivity index is 3.21. The van der Waals surface area contributed by atoms with Crippen LogP contribution in [0.5, 0.6) is 0 Å². The van der Waals surface area contributed by atoms with Crippen molar-refractivity contribution in [2.75, 3.05) is 7.11 Å². The van der Waals surface area contributed by atoms with E-state index in [-0.39, 0.29) is 34.9 Å². The Morgan fingerprint density at radius 2 is 2.29 bits per heavy atom. The number of rotatable bonds is 4. The van der Waals surface area contributed by atoms with Crippen LogP contribution in [0.1, 0.15) is 23.2 Å². The summed E-state index contributed by atoms with van der Waals surface area (Å²) in [5, 5.41) is -0.145. The normalized spacial score (nSPS) is 10.7. The van der Waals surface area contributed by atoms with Crippen LogP contribution in [0.4, 0.5) is 8.78 Å². The summed E-state index contributed by atoms with van der Waals surface area (Å²) in [4.78, 5) is 14.9. The van der Waals surface area contributed by atoms with Crippen molar-refractivity contribution in [2.45, 2.75) is 19.4 Å². The fourth-order valence-electron chi connectivity index (χ4n) is 1.30. The summed E-state index contributed by atoms with van der Waals surface area (Å²) in [5.74, 6) is -0.656. The van der Waals surface area contributed by atoms with Gasteiger partial charge in [0.25, 0.3) is 6.43 Å². The first-order chi connectivity index (χ1) is 7.99. The number of halogens is 3. The maximum absolute atomic E-state index is 12.8. The molecular formula is C10H11ClF2N2O2. The quantitative estimate of drug-likeness (QED) is 0.666. The number of nitrogens with two attached hydrogens (primary N) is 1. The van der Waals surface area contributed by atoms with Crippen molar-refractivity contribution in [2.24, 2.45) is 5.73 Å². The lowest BCUT2D eigenvalue weighted by Gasteiger charge is -2.11. The number of methoxy groups -OCH3 is 1. The van der Waals surface area contributed by atoms with E-state index in [1.807, 2.05) is 0 Å². The standard InChI is InChI=1S/C10H11ClF2N2O2/c1-17-8(16)3-6-7(10(12)13)2-5(4-14)15-9(6)11/h2,10H,3-4,14H2,1H3. The van der Waals surface area contributed by atoms with Gasteiger partial charge in [-0.1, -0.05) is 11.6 Å². The molecule has 0 saturated heterocycles. The molecule has 0 aromatic carbocycles. The molecule has 7 heteroatoms. The van der Waals surface area contributed by atoms with Crippen molar-refractivity contribution in [3.05, 3.63) is 28.0 Å². The van der Waals surface area contributed by atoms with Crippen LogP contribution in [0.3, 0.4) is 0 Å². The van der Waals surface area contributed by atoms with Gasteiger partial charge in [-0.25, -0.2) is 13.8 Å². The van der Waals surface area contributed by atoms with Crippen molar-refractivity contribution < 1.29 is 18.3 Å². The molecule has 0 aliphatic rings. The summed E-state index contributed by atoms with van der Waals surface area (Å²) in [6.45, 7) is -0.00204. The molecule has 2 N–H and O–H groups in total. The lowest BCUT2D eigenvalue weighted by Crippen LogP contribution is -2.11. The van der Waals surface area contributed by atoms with Crippen LogP contribution in [-0.2, 0) is 22.5 Å². The lowest BCUT2D eigenvalue weighted by molar-refractivity contribution is -0.139. The van der Waals surface area contributed by atoms with Crippen molar-refractivity contribution in [1.29, 1.82) is 0 Å². The maximum Gasteiger partial charge on any atom is 0.310 e. The minimum absolute atomic E-state index is 0.00204. The first kappa shape index (κ1) is 13.8. The first-order valence-corrected chi connectivity index (χ1v) is 5.10. The number of esters is 1. The molecule has 1 rings (SSSR count). The van der Waals surface area contributed by atoms with Gasteiger partial charge in [0.15, 0.2) is 0 Å². The van der Waals surface area contributed by atoms with Gasteiger partial charge in [-0.2, -0.15) is 0 Å². The van der Waals surface area contributed by atoms with Gasteiger partial charge in [0, 0.05) is 17.7 Å². The molecule has 17 heavy (non-hydrogen) atoms. The van der Waals surface area contributed by atoms with Crippen molar-refractivity contribution in [1.82, 2.24) is 4.98 Å². The number of carbonyl (C=O) groups excluding carboxylic acids is 1. The number of aromatic nitrogens is 1. The van der Waals surface area contributed by atoms with E-state index in [1.165, 1.54) is 7.11 Å². The van der Waals surface area contributed by atoms with Gasteiger partial charge in [-0.15, -0.1) is 0 Å². The van der Waals surface area contributed by atoms with Gasteiger partial charge in [-0.3, -0.25) is 4.79 Å². The van der Waals surface area contributed by atoms with Gasteiger partial charge in [-0.05, 0) is 6.07 Å². The van der Waals surface area contributed by atoms with E-state index in [1.54, 1.807) is 0 Å². The predicted octanol–water partition coefficient (Wildman–Crippen LogP) is 1.85. The van der Waals surface area contributed by atoms with Crippen molar-refractivity contribution >= 4 is 17.6 Å². The van der Waals surface area contributed by atoms with Gasteiger partial charge in [0.2, 0.25) is 0 Å². The SMILES string of the molecule is COC(=O)Cc1c(C(F)F)cc(CN)nc1Cl. The average Bonchev–Trinajstić information content (AvgIpc) is 2.30. The molecule has 0 aliphatic heterocycles. The monoisotopic (exact) mass is 264 g/mol. The van der Waals surface area contributed by atoms with Crippen molar-refractivity contribution in [3.8, 4) is 0 Å². The van der Waals surface area contributed by atoms with E-state index >= 15 is 0 Å². The van der Waals surface area contributed by atoms with Crippen LogP contribution in [0.15, 0.2) is 6.07 Å². The smallest absolute Gasteiger partial charge is 0.310 e. The van der Waals surface area contributed by atoms with Crippen LogP contribution >= 0.6 is 11.6 Å². The average molecular weight is 265 g/mol. The molecule has 1 aromatic rings. The molecule has 0 aliphatic carbocycles. The van der Waals surface area contributed by atoms with Crippen LogP contribution in [0.25, 0.3) is 0 Å². The van der Waals surface area contributed by atoms with E-state index in [0.717, 1.165) is 6.07 Å². The number of carbonyl (C=O) groups is 1. The molecule has 0 fully saturated rings. The lowest BCUT2D eigenvalue weighted by atomic mass is 10.1. The minimum atomic E-state index is -2.75. The minimum Gasteiger partial charge on any atom is -0.469 e. The summed E-state index contributed by atoms with van der Waals surface area (Å²) in [5.41, 5.74) is 5.20. The Morgan fingerprint density at radius 1 is 1.65 bits per heavy atom. The highest BCUT2D eigenvalue weighted by molar-refractivity contribution is 6.30. The third-order valence-corrected chi connectivity index (χ3v) is 2.47. The number of hydrogen-bond donors (Lipinski definition) is 1. The topological polar surface area (TPSA) is 65.2 Å². The van der Waals surface area contributed by atoms with Gasteiger partial charge >= 0.3 is 5.97 Å². The summed E-state index contributed by atoms with van der Waals surface area (Å²) in [6.07, 6.45) is -3.09. The van der Waals surface area contributed by atoms with E-state index in [2.05, 4.69) is 9.72 Å². The highest BCUT2D eigenvalue weighted by atomic mass is 35.5. The summed E-state index contributed by atoms with van der Waals surface area (Å²) >= 11 is 5.75. The fourth-order valence-corrected chi connectivity index (χ4v) is 1.59. The Bertz CT molecular complexity index is 427. The third-order valence-electron chi connectivity index (χ3n) is 2.15. The van der Waals surface area contributed by atoms with Gasteiger partial charge < -0.3 is 10.5 Å². The zero-order chi connectivity index (χ0) is 13.0. The second-order valence-corrected chi connectivity index (χ2v) is 3.59. The maximum atomic E-state index is 12.8. The predicted molar refractivity (Wildman–Crippen MR) is 57.8 cm³/mol. The fraction of sp³-hybridized carbons (Fsp3) is 0.400. The molecule has 94 valence electrons. The van der Waals surface area contributed by atoms with Crippen LogP contribution in [0.2, 0.25) is 5.15 Å². The number of nitrogens with zero attached hydrogens (tertiary/aromatic N) is 1. The molecule has 0 unspecified atom stereocenters. The van der Waals surface area contributed by atoms with Gasteiger partial charge in [0.05, 0.1) is 19.2 Å². The Labute approximate surface area is 102 Å². The zero-order valence-electron chi connectivity index (χ0n) is 9.04. The molecule has 0 spiro atoms. The van der Waals surface area contributed by atoms with Crippen molar-refractivity contribution in [3.63, 3.8) is 0 Å². The molecule has 4 nitrogen and oxygen atoms in total. The third kappa shape index (κ3) is 3.34. The number of alkyl halides is 2. The Hall–Kier alpha value is -1.27. The molecule has 0 amide bonds. The Kier molecular flexibility index (Phi) is 4.77. The molecular weight excluding hydrogens is 254 g/mol. The zero-order valence-corrected chi connectivity index (χ0v) is 9.80.